The average molecular weight is 256 g/mol. The summed E-state index contributed by atoms with van der Waals surface area (Å²) in [5.41, 5.74) is 0.760. The first-order valence-electron chi connectivity index (χ1n) is 5.42. The summed E-state index contributed by atoms with van der Waals surface area (Å²) >= 11 is 0. The molecule has 0 atom stereocenters. The van der Waals surface area contributed by atoms with Crippen LogP contribution < -0.4 is 0 Å². The van der Waals surface area contributed by atoms with Crippen LogP contribution in [0.25, 0.3) is 0 Å². The Kier molecular flexibility index (Phi) is 7.26. The van der Waals surface area contributed by atoms with Gasteiger partial charge >= 0.3 is 17.9 Å². The van der Waals surface area contributed by atoms with E-state index in [1.165, 1.54) is 13.0 Å². The Morgan fingerprint density at radius 1 is 1.39 bits per heavy atom. The maximum absolute atomic E-state index is 10.4. The number of hydrogen-bond donors (Lipinski definition) is 0. The van der Waals surface area contributed by atoms with Crippen molar-refractivity contribution in [3.05, 3.63) is 11.6 Å². The number of hydrogen-bond acceptors (Lipinski definition) is 6. The lowest BCUT2D eigenvalue weighted by Crippen LogP contribution is -2.15. The van der Waals surface area contributed by atoms with Crippen LogP contribution in [-0.4, -0.2) is 30.3 Å². The van der Waals surface area contributed by atoms with Crippen LogP contribution in [0.2, 0.25) is 0 Å². The summed E-state index contributed by atoms with van der Waals surface area (Å²) < 4.78 is 8.70. The molecule has 0 fully saturated rings. The smallest absolute Gasteiger partial charge is 0.338 e. The normalized spacial score (nSPS) is 13.8. The zero-order chi connectivity index (χ0) is 14.1. The third kappa shape index (κ3) is 8.20. The number of rotatable bonds is 3. The van der Waals surface area contributed by atoms with Gasteiger partial charge in [-0.05, 0) is 20.8 Å². The second-order valence-corrected chi connectivity index (χ2v) is 3.64. The van der Waals surface area contributed by atoms with Crippen molar-refractivity contribution < 1.29 is 28.7 Å². The van der Waals surface area contributed by atoms with E-state index in [-0.39, 0.29) is 18.6 Å². The van der Waals surface area contributed by atoms with E-state index in [9.17, 15) is 19.2 Å². The zero-order valence-electron chi connectivity index (χ0n) is 10.6. The Morgan fingerprint density at radius 3 is 2.39 bits per heavy atom. The molecule has 1 heterocycles. The van der Waals surface area contributed by atoms with Crippen molar-refractivity contribution in [2.24, 2.45) is 0 Å². The van der Waals surface area contributed by atoms with Gasteiger partial charge in [-0.2, -0.15) is 0 Å². The third-order valence-corrected chi connectivity index (χ3v) is 1.70. The van der Waals surface area contributed by atoms with Crippen molar-refractivity contribution in [3.8, 4) is 0 Å². The Balaban J connectivity index is 0.000000321. The lowest BCUT2D eigenvalue weighted by atomic mass is 10.2. The molecular formula is C12H16O6. The standard InChI is InChI=1S/C6H6O3.C6H10O3/c1-4-2-5(7)9-6(8)3-4;1-3-9-6(8)4-5(2)7/h2H,3H2,1H3;3-4H2,1-2H3. The lowest BCUT2D eigenvalue weighted by molar-refractivity contribution is -0.157. The van der Waals surface area contributed by atoms with Crippen LogP contribution in [0.5, 0.6) is 0 Å². The molecule has 0 spiro atoms. The van der Waals surface area contributed by atoms with E-state index in [2.05, 4.69) is 9.47 Å². The van der Waals surface area contributed by atoms with E-state index in [1.807, 2.05) is 0 Å². The molecule has 0 bridgehead atoms. The first-order valence-corrected chi connectivity index (χ1v) is 5.42. The van der Waals surface area contributed by atoms with Gasteiger partial charge in [0.15, 0.2) is 0 Å². The quantitative estimate of drug-likeness (QED) is 0.551. The SMILES string of the molecule is CC1=CC(=O)OC(=O)C1.CCOC(=O)CC(C)=O. The average Bonchev–Trinajstić information content (AvgIpc) is 2.14. The number of cyclic esters (lactones) is 2. The minimum Gasteiger partial charge on any atom is -0.466 e. The number of carbonyl (C=O) groups is 4. The van der Waals surface area contributed by atoms with Crippen LogP contribution in [0.15, 0.2) is 11.6 Å². The number of carbonyl (C=O) groups excluding carboxylic acids is 4. The van der Waals surface area contributed by atoms with Crippen LogP contribution in [0.1, 0.15) is 33.6 Å². The van der Waals surface area contributed by atoms with Crippen molar-refractivity contribution in [3.63, 3.8) is 0 Å². The van der Waals surface area contributed by atoms with Crippen molar-refractivity contribution in [1.82, 2.24) is 0 Å². The van der Waals surface area contributed by atoms with E-state index in [0.29, 0.717) is 6.61 Å². The molecule has 6 nitrogen and oxygen atoms in total. The molecule has 0 saturated carbocycles. The summed E-state index contributed by atoms with van der Waals surface area (Å²) in [6.45, 7) is 5.12. The fourth-order valence-corrected chi connectivity index (χ4v) is 1.07. The summed E-state index contributed by atoms with van der Waals surface area (Å²) in [4.78, 5) is 41.4. The van der Waals surface area contributed by atoms with Gasteiger partial charge in [-0.25, -0.2) is 4.79 Å². The monoisotopic (exact) mass is 256 g/mol. The third-order valence-electron chi connectivity index (χ3n) is 1.70. The maximum atomic E-state index is 10.4. The zero-order valence-corrected chi connectivity index (χ0v) is 10.6. The van der Waals surface area contributed by atoms with Crippen molar-refractivity contribution >= 4 is 23.7 Å². The van der Waals surface area contributed by atoms with Crippen LogP contribution in [0.4, 0.5) is 0 Å². The highest BCUT2D eigenvalue weighted by molar-refractivity contribution is 5.96. The predicted octanol–water partition coefficient (Wildman–Crippen LogP) is 0.935. The summed E-state index contributed by atoms with van der Waals surface area (Å²) in [5, 5.41) is 0. The first kappa shape index (κ1) is 16.0. The fourth-order valence-electron chi connectivity index (χ4n) is 1.07. The topological polar surface area (TPSA) is 86.7 Å². The van der Waals surface area contributed by atoms with Gasteiger partial charge in [-0.3, -0.25) is 14.4 Å². The van der Waals surface area contributed by atoms with Crippen molar-refractivity contribution in [2.45, 2.75) is 33.6 Å². The number of ether oxygens (including phenoxy) is 2. The molecule has 0 aromatic heterocycles. The molecule has 18 heavy (non-hydrogen) atoms. The molecule has 0 saturated heterocycles. The Labute approximate surface area is 105 Å². The van der Waals surface area contributed by atoms with E-state index >= 15 is 0 Å². The molecule has 0 amide bonds. The van der Waals surface area contributed by atoms with Gasteiger partial charge in [0.2, 0.25) is 0 Å². The van der Waals surface area contributed by atoms with Gasteiger partial charge in [0.25, 0.3) is 0 Å². The van der Waals surface area contributed by atoms with Crippen LogP contribution >= 0.6 is 0 Å². The van der Waals surface area contributed by atoms with Gasteiger partial charge in [0.1, 0.15) is 12.2 Å². The summed E-state index contributed by atoms with van der Waals surface area (Å²) in [6, 6.07) is 0. The van der Waals surface area contributed by atoms with Gasteiger partial charge in [0.05, 0.1) is 13.0 Å². The van der Waals surface area contributed by atoms with E-state index < -0.39 is 17.9 Å². The largest absolute Gasteiger partial charge is 0.466 e. The highest BCUT2D eigenvalue weighted by Crippen LogP contribution is 2.07. The van der Waals surface area contributed by atoms with Crippen LogP contribution in [0, 0.1) is 0 Å². The van der Waals surface area contributed by atoms with Gasteiger partial charge in [0, 0.05) is 6.08 Å². The molecule has 0 N–H and O–H groups in total. The molecule has 1 aliphatic heterocycles. The summed E-state index contributed by atoms with van der Waals surface area (Å²) in [6.07, 6.45) is 1.46. The molecule has 0 aromatic carbocycles. The fraction of sp³-hybridized carbons (Fsp3) is 0.500. The Morgan fingerprint density at radius 2 is 2.00 bits per heavy atom. The first-order chi connectivity index (χ1) is 8.35. The second-order valence-electron chi connectivity index (χ2n) is 3.64. The lowest BCUT2D eigenvalue weighted by Gasteiger charge is -2.05. The van der Waals surface area contributed by atoms with E-state index in [1.54, 1.807) is 13.8 Å². The minimum absolute atomic E-state index is 0.103. The van der Waals surface area contributed by atoms with Crippen molar-refractivity contribution in [2.75, 3.05) is 6.61 Å². The van der Waals surface area contributed by atoms with E-state index in [0.717, 1.165) is 5.57 Å². The molecule has 1 aliphatic rings. The molecule has 1 rings (SSSR count). The molecule has 6 heteroatoms. The summed E-state index contributed by atoms with van der Waals surface area (Å²) in [5.74, 6) is -1.61. The number of esters is 3. The molecule has 0 aromatic rings. The highest BCUT2D eigenvalue weighted by atomic mass is 16.6. The predicted molar refractivity (Wildman–Crippen MR) is 61.4 cm³/mol. The van der Waals surface area contributed by atoms with E-state index in [4.69, 9.17) is 0 Å². The van der Waals surface area contributed by atoms with Gasteiger partial charge < -0.3 is 9.47 Å². The molecule has 0 aliphatic carbocycles. The Hall–Kier alpha value is -1.98. The van der Waals surface area contributed by atoms with Crippen LogP contribution in [0.3, 0.4) is 0 Å². The molecule has 0 unspecified atom stereocenters. The van der Waals surface area contributed by atoms with Gasteiger partial charge in [-0.15, -0.1) is 0 Å². The molecular weight excluding hydrogens is 240 g/mol. The van der Waals surface area contributed by atoms with Crippen molar-refractivity contribution in [1.29, 1.82) is 0 Å². The maximum Gasteiger partial charge on any atom is 0.338 e. The summed E-state index contributed by atoms with van der Waals surface area (Å²) in [7, 11) is 0. The molecule has 100 valence electrons. The second kappa shape index (κ2) is 8.16. The Bertz CT molecular complexity index is 380. The van der Waals surface area contributed by atoms with Gasteiger partial charge in [-0.1, -0.05) is 5.57 Å². The number of Topliss-reactive ketones (excluding diaryl/α,β-unsaturated/α-hetero) is 1. The van der Waals surface area contributed by atoms with Crippen LogP contribution in [-0.2, 0) is 28.7 Å². The molecule has 0 radical (unpaired) electrons. The highest BCUT2D eigenvalue weighted by Gasteiger charge is 2.14. The minimum atomic E-state index is -0.552. The number of ketones is 1.